The predicted molar refractivity (Wildman–Crippen MR) is 72.5 cm³/mol. The molecule has 0 saturated heterocycles. The van der Waals surface area contributed by atoms with Crippen LogP contribution in [0.25, 0.3) is 0 Å². The molecule has 1 aliphatic heterocycles. The monoisotopic (exact) mass is 275 g/mol. The molecule has 104 valence electrons. The molecule has 0 bridgehead atoms. The second-order valence-corrected chi connectivity index (χ2v) is 5.16. The molecular formula is C16H15F2NO. The van der Waals surface area contributed by atoms with Crippen molar-refractivity contribution in [3.8, 4) is 5.75 Å². The van der Waals surface area contributed by atoms with E-state index < -0.39 is 17.7 Å². The van der Waals surface area contributed by atoms with Gasteiger partial charge in [-0.2, -0.15) is 0 Å². The summed E-state index contributed by atoms with van der Waals surface area (Å²) in [6.45, 7) is 1.98. The minimum atomic E-state index is -0.559. The Balaban J connectivity index is 1.99. The Morgan fingerprint density at radius 2 is 1.90 bits per heavy atom. The summed E-state index contributed by atoms with van der Waals surface area (Å²) in [5.74, 6) is -0.310. The topological polar surface area (TPSA) is 35.2 Å². The Kier molecular flexibility index (Phi) is 3.18. The molecule has 0 amide bonds. The molecule has 20 heavy (non-hydrogen) atoms. The molecule has 0 fully saturated rings. The molecule has 1 aliphatic rings. The number of hydrogen-bond acceptors (Lipinski definition) is 2. The van der Waals surface area contributed by atoms with Crippen LogP contribution in [0.15, 0.2) is 36.4 Å². The molecule has 2 aromatic rings. The van der Waals surface area contributed by atoms with Crippen molar-refractivity contribution in [1.29, 1.82) is 0 Å². The van der Waals surface area contributed by atoms with Gasteiger partial charge >= 0.3 is 0 Å². The third-order valence-corrected chi connectivity index (χ3v) is 3.61. The summed E-state index contributed by atoms with van der Waals surface area (Å²) in [6, 6.07) is 8.85. The maximum Gasteiger partial charge on any atom is 0.130 e. The first kappa shape index (κ1) is 13.1. The quantitative estimate of drug-likeness (QED) is 0.859. The highest BCUT2D eigenvalue weighted by Crippen LogP contribution is 2.40. The van der Waals surface area contributed by atoms with Crippen LogP contribution in [0.2, 0.25) is 0 Å². The van der Waals surface area contributed by atoms with Crippen molar-refractivity contribution in [2.75, 3.05) is 0 Å². The number of hydrogen-bond donors (Lipinski definition) is 1. The summed E-state index contributed by atoms with van der Waals surface area (Å²) in [6.07, 6.45) is -0.132. The normalized spacial score (nSPS) is 21.2. The Morgan fingerprint density at radius 1 is 1.10 bits per heavy atom. The van der Waals surface area contributed by atoms with Gasteiger partial charge in [0.1, 0.15) is 23.5 Å². The molecule has 2 aromatic carbocycles. The summed E-state index contributed by atoms with van der Waals surface area (Å²) in [4.78, 5) is 0. The van der Waals surface area contributed by atoms with Crippen molar-refractivity contribution in [3.05, 3.63) is 64.7 Å². The summed E-state index contributed by atoms with van der Waals surface area (Å²) in [5, 5.41) is 0. The minimum Gasteiger partial charge on any atom is -0.485 e. The Labute approximate surface area is 116 Å². The number of benzene rings is 2. The predicted octanol–water partition coefficient (Wildman–Crippen LogP) is 3.80. The number of aryl methyl sites for hydroxylation is 1. The molecule has 1 heterocycles. The van der Waals surface area contributed by atoms with E-state index in [1.807, 2.05) is 25.1 Å². The van der Waals surface area contributed by atoms with Crippen LogP contribution in [-0.2, 0) is 0 Å². The zero-order chi connectivity index (χ0) is 14.3. The molecular weight excluding hydrogens is 260 g/mol. The van der Waals surface area contributed by atoms with E-state index in [-0.39, 0.29) is 11.6 Å². The van der Waals surface area contributed by atoms with Crippen molar-refractivity contribution >= 4 is 0 Å². The lowest BCUT2D eigenvalue weighted by molar-refractivity contribution is 0.157. The van der Waals surface area contributed by atoms with Crippen LogP contribution in [0.5, 0.6) is 5.75 Å². The molecule has 0 aromatic heterocycles. The van der Waals surface area contributed by atoms with E-state index in [0.29, 0.717) is 12.2 Å². The van der Waals surface area contributed by atoms with Gasteiger partial charge in [-0.1, -0.05) is 17.7 Å². The van der Waals surface area contributed by atoms with Gasteiger partial charge in [0.25, 0.3) is 0 Å². The van der Waals surface area contributed by atoms with Gasteiger partial charge in [-0.3, -0.25) is 0 Å². The molecule has 4 heteroatoms. The third-order valence-electron chi connectivity index (χ3n) is 3.61. The Morgan fingerprint density at radius 3 is 2.70 bits per heavy atom. The van der Waals surface area contributed by atoms with E-state index in [9.17, 15) is 8.78 Å². The first-order valence-corrected chi connectivity index (χ1v) is 6.52. The molecule has 1 unspecified atom stereocenters. The van der Waals surface area contributed by atoms with E-state index in [2.05, 4.69) is 0 Å². The Hall–Kier alpha value is -1.94. The second-order valence-electron chi connectivity index (χ2n) is 5.16. The fourth-order valence-electron chi connectivity index (χ4n) is 2.58. The lowest BCUT2D eigenvalue weighted by Gasteiger charge is -2.31. The van der Waals surface area contributed by atoms with Gasteiger partial charge in [0.05, 0.1) is 0 Å². The molecule has 0 radical (unpaired) electrons. The lowest BCUT2D eigenvalue weighted by atomic mass is 9.92. The van der Waals surface area contributed by atoms with Gasteiger partial charge in [-0.25, -0.2) is 8.78 Å². The maximum absolute atomic E-state index is 13.8. The van der Waals surface area contributed by atoms with Crippen LogP contribution >= 0.6 is 0 Å². The van der Waals surface area contributed by atoms with Gasteiger partial charge in [-0.15, -0.1) is 0 Å². The van der Waals surface area contributed by atoms with Crippen LogP contribution in [0.3, 0.4) is 0 Å². The standard InChI is InChI=1S/C16H15F2NO/c1-9-2-5-15-12(6-9)14(19)8-16(20-15)11-7-10(17)3-4-13(11)18/h2-7,14,16H,8,19H2,1H3/t14-,16?/m0/s1. The average molecular weight is 275 g/mol. The first-order chi connectivity index (χ1) is 9.54. The van der Waals surface area contributed by atoms with Crippen molar-refractivity contribution in [2.24, 2.45) is 5.73 Å². The van der Waals surface area contributed by atoms with Crippen LogP contribution in [0.1, 0.15) is 35.3 Å². The van der Waals surface area contributed by atoms with Crippen molar-refractivity contribution < 1.29 is 13.5 Å². The summed E-state index contributed by atoms with van der Waals surface area (Å²) in [5.41, 5.74) is 8.36. The molecule has 0 spiro atoms. The second kappa shape index (κ2) is 4.87. The lowest BCUT2D eigenvalue weighted by Crippen LogP contribution is -2.25. The van der Waals surface area contributed by atoms with Crippen molar-refractivity contribution in [3.63, 3.8) is 0 Å². The van der Waals surface area contributed by atoms with E-state index in [1.54, 1.807) is 0 Å². The molecule has 0 saturated carbocycles. The van der Waals surface area contributed by atoms with E-state index >= 15 is 0 Å². The summed E-state index contributed by atoms with van der Waals surface area (Å²) < 4.78 is 32.9. The van der Waals surface area contributed by atoms with Crippen LogP contribution < -0.4 is 10.5 Å². The zero-order valence-electron chi connectivity index (χ0n) is 11.1. The number of nitrogens with two attached hydrogens (primary N) is 1. The van der Waals surface area contributed by atoms with Crippen molar-refractivity contribution in [1.82, 2.24) is 0 Å². The highest BCUT2D eigenvalue weighted by Gasteiger charge is 2.29. The van der Waals surface area contributed by atoms with E-state index in [1.165, 1.54) is 6.07 Å². The molecule has 3 rings (SSSR count). The average Bonchev–Trinajstić information content (AvgIpc) is 2.42. The Bertz CT molecular complexity index is 657. The number of ether oxygens (including phenoxy) is 1. The fraction of sp³-hybridized carbons (Fsp3) is 0.250. The number of fused-ring (bicyclic) bond motifs is 1. The molecule has 2 atom stereocenters. The van der Waals surface area contributed by atoms with Gasteiger partial charge < -0.3 is 10.5 Å². The summed E-state index contributed by atoms with van der Waals surface area (Å²) in [7, 11) is 0. The van der Waals surface area contributed by atoms with Gasteiger partial charge in [0.15, 0.2) is 0 Å². The highest BCUT2D eigenvalue weighted by atomic mass is 19.1. The summed E-state index contributed by atoms with van der Waals surface area (Å²) >= 11 is 0. The third kappa shape index (κ3) is 2.27. The SMILES string of the molecule is Cc1ccc2c(c1)[C@@H](N)CC(c1cc(F)ccc1F)O2. The van der Waals surface area contributed by atoms with E-state index in [0.717, 1.165) is 23.3 Å². The minimum absolute atomic E-state index is 0.215. The molecule has 0 aliphatic carbocycles. The number of halogens is 2. The largest absolute Gasteiger partial charge is 0.485 e. The van der Waals surface area contributed by atoms with Crippen LogP contribution in [0.4, 0.5) is 8.78 Å². The van der Waals surface area contributed by atoms with Crippen LogP contribution in [-0.4, -0.2) is 0 Å². The van der Waals surface area contributed by atoms with Crippen molar-refractivity contribution in [2.45, 2.75) is 25.5 Å². The fourth-order valence-corrected chi connectivity index (χ4v) is 2.58. The van der Waals surface area contributed by atoms with Gasteiger partial charge in [-0.05, 0) is 31.2 Å². The van der Waals surface area contributed by atoms with E-state index in [4.69, 9.17) is 10.5 Å². The molecule has 2 nitrogen and oxygen atoms in total. The van der Waals surface area contributed by atoms with Gasteiger partial charge in [0, 0.05) is 23.6 Å². The first-order valence-electron chi connectivity index (χ1n) is 6.52. The van der Waals surface area contributed by atoms with Gasteiger partial charge in [0.2, 0.25) is 0 Å². The zero-order valence-corrected chi connectivity index (χ0v) is 11.1. The smallest absolute Gasteiger partial charge is 0.130 e. The van der Waals surface area contributed by atoms with Crippen LogP contribution in [0, 0.1) is 18.6 Å². The number of rotatable bonds is 1. The molecule has 2 N–H and O–H groups in total. The maximum atomic E-state index is 13.8. The highest BCUT2D eigenvalue weighted by molar-refractivity contribution is 5.41.